The monoisotopic (exact) mass is 357 g/mol. The van der Waals surface area contributed by atoms with Gasteiger partial charge in [0.2, 0.25) is 5.91 Å². The smallest absolute Gasteiger partial charge is 0.407 e. The van der Waals surface area contributed by atoms with Crippen molar-refractivity contribution >= 4 is 17.9 Å². The van der Waals surface area contributed by atoms with Crippen LogP contribution in [0.4, 0.5) is 4.79 Å². The van der Waals surface area contributed by atoms with Gasteiger partial charge in [-0.15, -0.1) is 13.2 Å². The van der Waals surface area contributed by atoms with Crippen molar-refractivity contribution in [1.29, 1.82) is 0 Å². The van der Waals surface area contributed by atoms with E-state index in [1.165, 1.54) is 15.9 Å². The first-order chi connectivity index (χ1) is 12.5. The largest absolute Gasteiger partial charge is 0.442 e. The van der Waals surface area contributed by atoms with Crippen molar-refractivity contribution in [1.82, 2.24) is 15.1 Å². The number of carbonyl (C=O) groups excluding carboxylic acids is 3. The van der Waals surface area contributed by atoms with E-state index in [0.717, 1.165) is 0 Å². The standard InChI is InChI=1S/C19H23N3O4/c1-3-10-20-19(25)26-16-12-21(11-4-2)17(23)14-22(13-16)18(24)15-8-6-5-7-9-15/h3-9,16H,1-2,10-14H2,(H,20,25). The van der Waals surface area contributed by atoms with E-state index >= 15 is 0 Å². The number of rotatable bonds is 6. The molecule has 0 radical (unpaired) electrons. The first-order valence-electron chi connectivity index (χ1n) is 8.33. The fraction of sp³-hybridized carbons (Fsp3) is 0.316. The lowest BCUT2D eigenvalue weighted by Crippen LogP contribution is -2.41. The van der Waals surface area contributed by atoms with Crippen molar-refractivity contribution in [3.8, 4) is 0 Å². The van der Waals surface area contributed by atoms with Crippen molar-refractivity contribution < 1.29 is 19.1 Å². The Morgan fingerprint density at radius 2 is 1.92 bits per heavy atom. The van der Waals surface area contributed by atoms with Crippen LogP contribution in [0.5, 0.6) is 0 Å². The third-order valence-corrected chi connectivity index (χ3v) is 3.85. The van der Waals surface area contributed by atoms with Gasteiger partial charge in [0.15, 0.2) is 0 Å². The molecule has 0 spiro atoms. The molecule has 1 heterocycles. The highest BCUT2D eigenvalue weighted by molar-refractivity contribution is 5.96. The van der Waals surface area contributed by atoms with E-state index in [1.54, 1.807) is 30.3 Å². The highest BCUT2D eigenvalue weighted by Gasteiger charge is 2.32. The van der Waals surface area contributed by atoms with Crippen LogP contribution in [0, 0.1) is 0 Å². The Bertz CT molecular complexity index is 675. The Morgan fingerprint density at radius 3 is 2.58 bits per heavy atom. The van der Waals surface area contributed by atoms with Crippen LogP contribution in [0.1, 0.15) is 10.4 Å². The third-order valence-electron chi connectivity index (χ3n) is 3.85. The Balaban J connectivity index is 2.16. The van der Waals surface area contributed by atoms with Crippen molar-refractivity contribution in [2.75, 3.05) is 32.7 Å². The maximum Gasteiger partial charge on any atom is 0.407 e. The molecule has 2 rings (SSSR count). The first-order valence-corrected chi connectivity index (χ1v) is 8.33. The van der Waals surface area contributed by atoms with E-state index in [4.69, 9.17) is 4.74 Å². The molecule has 1 saturated heterocycles. The molecule has 138 valence electrons. The summed E-state index contributed by atoms with van der Waals surface area (Å²) in [6.07, 6.45) is 1.88. The van der Waals surface area contributed by atoms with Crippen LogP contribution < -0.4 is 5.32 Å². The minimum absolute atomic E-state index is 0.0737. The van der Waals surface area contributed by atoms with Crippen molar-refractivity contribution in [3.05, 3.63) is 61.2 Å². The molecule has 1 aromatic rings. The van der Waals surface area contributed by atoms with E-state index in [-0.39, 0.29) is 38.0 Å². The summed E-state index contributed by atoms with van der Waals surface area (Å²) in [4.78, 5) is 40.0. The van der Waals surface area contributed by atoms with E-state index in [1.807, 2.05) is 6.07 Å². The van der Waals surface area contributed by atoms with E-state index in [9.17, 15) is 14.4 Å². The molecule has 1 N–H and O–H groups in total. The van der Waals surface area contributed by atoms with Crippen molar-refractivity contribution in [3.63, 3.8) is 0 Å². The van der Waals surface area contributed by atoms with Gasteiger partial charge in [0.25, 0.3) is 5.91 Å². The van der Waals surface area contributed by atoms with Crippen LogP contribution in [0.2, 0.25) is 0 Å². The van der Waals surface area contributed by atoms with Crippen molar-refractivity contribution in [2.45, 2.75) is 6.10 Å². The molecule has 1 unspecified atom stereocenters. The average Bonchev–Trinajstić information content (AvgIpc) is 2.79. The molecule has 1 aromatic carbocycles. The van der Waals surface area contributed by atoms with E-state index < -0.39 is 12.2 Å². The molecule has 3 amide bonds. The zero-order valence-corrected chi connectivity index (χ0v) is 14.6. The third kappa shape index (κ3) is 5.20. The summed E-state index contributed by atoms with van der Waals surface area (Å²) < 4.78 is 5.39. The fourth-order valence-corrected chi connectivity index (χ4v) is 2.65. The second-order valence-corrected chi connectivity index (χ2v) is 5.84. The zero-order chi connectivity index (χ0) is 18.9. The number of carbonyl (C=O) groups is 3. The molecule has 1 aliphatic heterocycles. The molecular weight excluding hydrogens is 334 g/mol. The molecule has 1 aliphatic rings. The number of amides is 3. The molecule has 0 aliphatic carbocycles. The van der Waals surface area contributed by atoms with Crippen molar-refractivity contribution in [2.24, 2.45) is 0 Å². The summed E-state index contributed by atoms with van der Waals surface area (Å²) in [6.45, 7) is 8.02. The Hall–Kier alpha value is -3.09. The van der Waals surface area contributed by atoms with Gasteiger partial charge in [-0.25, -0.2) is 4.79 Å². The van der Waals surface area contributed by atoms with Gasteiger partial charge in [-0.1, -0.05) is 30.4 Å². The Kier molecular flexibility index (Phi) is 6.96. The maximum absolute atomic E-state index is 12.7. The molecule has 0 bridgehead atoms. The minimum Gasteiger partial charge on any atom is -0.442 e. The van der Waals surface area contributed by atoms with Crippen LogP contribution in [0.3, 0.4) is 0 Å². The highest BCUT2D eigenvalue weighted by atomic mass is 16.6. The molecular formula is C19H23N3O4. The van der Waals surface area contributed by atoms with Gasteiger partial charge in [0, 0.05) is 18.7 Å². The number of hydrogen-bond acceptors (Lipinski definition) is 4. The molecule has 26 heavy (non-hydrogen) atoms. The van der Waals surface area contributed by atoms with Crippen LogP contribution in [0.25, 0.3) is 0 Å². The van der Waals surface area contributed by atoms with Gasteiger partial charge in [-0.3, -0.25) is 9.59 Å². The fourth-order valence-electron chi connectivity index (χ4n) is 2.65. The quantitative estimate of drug-likeness (QED) is 0.782. The van der Waals surface area contributed by atoms with Crippen LogP contribution in [-0.2, 0) is 9.53 Å². The number of ether oxygens (including phenoxy) is 1. The second kappa shape index (κ2) is 9.41. The predicted molar refractivity (Wildman–Crippen MR) is 97.6 cm³/mol. The zero-order valence-electron chi connectivity index (χ0n) is 14.6. The lowest BCUT2D eigenvalue weighted by molar-refractivity contribution is -0.130. The van der Waals surface area contributed by atoms with E-state index in [2.05, 4.69) is 18.5 Å². The van der Waals surface area contributed by atoms with Gasteiger partial charge in [-0.05, 0) is 12.1 Å². The Labute approximate surface area is 152 Å². The number of hydrogen-bond donors (Lipinski definition) is 1. The summed E-state index contributed by atoms with van der Waals surface area (Å²) in [6, 6.07) is 8.70. The normalized spacial score (nSPS) is 17.2. The summed E-state index contributed by atoms with van der Waals surface area (Å²) in [5.41, 5.74) is 0.479. The summed E-state index contributed by atoms with van der Waals surface area (Å²) >= 11 is 0. The van der Waals surface area contributed by atoms with Gasteiger partial charge in [0.1, 0.15) is 12.6 Å². The second-order valence-electron chi connectivity index (χ2n) is 5.84. The number of alkyl carbamates (subject to hydrolysis) is 1. The Morgan fingerprint density at radius 1 is 1.19 bits per heavy atom. The summed E-state index contributed by atoms with van der Waals surface area (Å²) in [7, 11) is 0. The van der Waals surface area contributed by atoms with E-state index in [0.29, 0.717) is 12.1 Å². The average molecular weight is 357 g/mol. The van der Waals surface area contributed by atoms with Gasteiger partial charge >= 0.3 is 6.09 Å². The molecule has 7 nitrogen and oxygen atoms in total. The lowest BCUT2D eigenvalue weighted by Gasteiger charge is -2.24. The topological polar surface area (TPSA) is 79.0 Å². The number of benzene rings is 1. The van der Waals surface area contributed by atoms with Crippen LogP contribution >= 0.6 is 0 Å². The number of nitrogens with zero attached hydrogens (tertiary/aromatic N) is 2. The summed E-state index contributed by atoms with van der Waals surface area (Å²) in [5, 5.41) is 2.53. The van der Waals surface area contributed by atoms with Crippen LogP contribution in [0.15, 0.2) is 55.6 Å². The molecule has 7 heteroatoms. The van der Waals surface area contributed by atoms with Crippen LogP contribution in [-0.4, -0.2) is 66.5 Å². The molecule has 1 atom stereocenters. The van der Waals surface area contributed by atoms with Gasteiger partial charge in [0.05, 0.1) is 13.1 Å². The molecule has 1 fully saturated rings. The SMILES string of the molecule is C=CCNC(=O)OC1CN(CC=C)C(=O)CN(C(=O)c2ccccc2)C1. The first kappa shape index (κ1) is 19.2. The number of nitrogens with one attached hydrogen (secondary N) is 1. The predicted octanol–water partition coefficient (Wildman–Crippen LogP) is 1.44. The maximum atomic E-state index is 12.7. The minimum atomic E-state index is -0.640. The lowest BCUT2D eigenvalue weighted by atomic mass is 10.2. The molecule has 0 aromatic heterocycles. The summed E-state index contributed by atoms with van der Waals surface area (Å²) in [5.74, 6) is -0.494. The molecule has 0 saturated carbocycles. The van der Waals surface area contributed by atoms with Gasteiger partial charge < -0.3 is 19.9 Å². The van der Waals surface area contributed by atoms with Gasteiger partial charge in [-0.2, -0.15) is 0 Å². The highest BCUT2D eigenvalue weighted by Crippen LogP contribution is 2.13.